The molecular weight excluding hydrogens is 460 g/mol. The van der Waals surface area contributed by atoms with Crippen molar-refractivity contribution in [3.8, 4) is 23.0 Å². The van der Waals surface area contributed by atoms with Crippen molar-refractivity contribution in [3.63, 3.8) is 0 Å². The van der Waals surface area contributed by atoms with Gasteiger partial charge in [0.15, 0.2) is 11.5 Å². The predicted molar refractivity (Wildman–Crippen MR) is 139 cm³/mol. The number of pyridine rings is 1. The molecule has 36 heavy (non-hydrogen) atoms. The Labute approximate surface area is 211 Å². The number of aliphatic imine (C=N–C) groups is 1. The van der Waals surface area contributed by atoms with Crippen LogP contribution < -0.4 is 29.6 Å². The molecule has 3 rings (SSSR count). The van der Waals surface area contributed by atoms with Gasteiger partial charge < -0.3 is 24.3 Å². The smallest absolute Gasteiger partial charge is 0.257 e. The van der Waals surface area contributed by atoms with Crippen LogP contribution in [0.5, 0.6) is 23.0 Å². The monoisotopic (exact) mass is 492 g/mol. The fourth-order valence-electron chi connectivity index (χ4n) is 3.28. The molecule has 0 bridgehead atoms. The first-order valence-corrected chi connectivity index (χ1v) is 11.6. The minimum absolute atomic E-state index is 0.259. The van der Waals surface area contributed by atoms with Crippen molar-refractivity contribution in [1.82, 2.24) is 10.3 Å². The van der Waals surface area contributed by atoms with Gasteiger partial charge in [-0.1, -0.05) is 13.3 Å². The van der Waals surface area contributed by atoms with Crippen molar-refractivity contribution in [2.45, 2.75) is 26.3 Å². The Morgan fingerprint density at radius 2 is 1.61 bits per heavy atom. The summed E-state index contributed by atoms with van der Waals surface area (Å²) in [6.45, 7) is 3.09. The third kappa shape index (κ3) is 7.36. The molecule has 2 N–H and O–H groups in total. The van der Waals surface area contributed by atoms with E-state index in [9.17, 15) is 4.79 Å². The van der Waals surface area contributed by atoms with E-state index >= 15 is 0 Å². The van der Waals surface area contributed by atoms with Crippen LogP contribution in [0.2, 0.25) is 0 Å². The SMILES string of the molecule is CCCCOc1ccc(C(=O)NC(=NCc2ccncc2)Nc2cc(OC)c(OC)c(OC)c2)cc1. The zero-order chi connectivity index (χ0) is 25.8. The molecule has 0 fully saturated rings. The van der Waals surface area contributed by atoms with E-state index in [0.29, 0.717) is 41.7 Å². The van der Waals surface area contributed by atoms with Gasteiger partial charge in [-0.05, 0) is 48.4 Å². The second kappa shape index (κ2) is 13.6. The Balaban J connectivity index is 1.82. The van der Waals surface area contributed by atoms with E-state index in [1.54, 1.807) is 48.8 Å². The van der Waals surface area contributed by atoms with Gasteiger partial charge >= 0.3 is 0 Å². The number of benzene rings is 2. The van der Waals surface area contributed by atoms with Crippen LogP contribution in [0.3, 0.4) is 0 Å². The molecular formula is C27H32N4O5. The maximum atomic E-state index is 13.0. The van der Waals surface area contributed by atoms with Crippen molar-refractivity contribution in [2.24, 2.45) is 4.99 Å². The zero-order valence-electron chi connectivity index (χ0n) is 21.0. The van der Waals surface area contributed by atoms with Crippen molar-refractivity contribution in [2.75, 3.05) is 33.3 Å². The number of anilines is 1. The Morgan fingerprint density at radius 1 is 0.944 bits per heavy atom. The molecule has 3 aromatic rings. The molecule has 0 aliphatic rings. The van der Waals surface area contributed by atoms with Crippen LogP contribution in [0.15, 0.2) is 65.9 Å². The topological polar surface area (TPSA) is 103 Å². The van der Waals surface area contributed by atoms with Crippen LogP contribution in [0.1, 0.15) is 35.7 Å². The van der Waals surface area contributed by atoms with Gasteiger partial charge in [-0.15, -0.1) is 0 Å². The number of carbonyl (C=O) groups excluding carboxylic acids is 1. The first-order valence-electron chi connectivity index (χ1n) is 11.6. The summed E-state index contributed by atoms with van der Waals surface area (Å²) >= 11 is 0. The van der Waals surface area contributed by atoms with E-state index in [-0.39, 0.29) is 11.9 Å². The van der Waals surface area contributed by atoms with Crippen molar-refractivity contribution in [1.29, 1.82) is 0 Å². The summed E-state index contributed by atoms with van der Waals surface area (Å²) in [5, 5.41) is 6.02. The summed E-state index contributed by atoms with van der Waals surface area (Å²) in [5.74, 6) is 2.07. The summed E-state index contributed by atoms with van der Waals surface area (Å²) in [7, 11) is 4.61. The maximum absolute atomic E-state index is 13.0. The van der Waals surface area contributed by atoms with E-state index in [1.165, 1.54) is 21.3 Å². The molecule has 0 aliphatic heterocycles. The van der Waals surface area contributed by atoms with Gasteiger partial charge in [0.2, 0.25) is 11.7 Å². The van der Waals surface area contributed by atoms with Crippen molar-refractivity contribution in [3.05, 3.63) is 72.1 Å². The highest BCUT2D eigenvalue weighted by molar-refractivity contribution is 6.10. The number of aromatic nitrogens is 1. The minimum Gasteiger partial charge on any atom is -0.494 e. The lowest BCUT2D eigenvalue weighted by molar-refractivity contribution is 0.0977. The van der Waals surface area contributed by atoms with Gasteiger partial charge in [-0.2, -0.15) is 0 Å². The number of hydrogen-bond donors (Lipinski definition) is 2. The molecule has 0 saturated carbocycles. The van der Waals surface area contributed by atoms with Crippen LogP contribution in [-0.4, -0.2) is 44.8 Å². The standard InChI is InChI=1S/C27H32N4O5/c1-5-6-15-36-22-9-7-20(8-10-22)26(32)31-27(29-18-19-11-13-28-14-12-19)30-21-16-23(33-2)25(35-4)24(17-21)34-3/h7-14,16-17H,5-6,15,18H2,1-4H3,(H2,29,30,31,32). The molecule has 9 heteroatoms. The Kier molecular flexibility index (Phi) is 9.93. The molecule has 9 nitrogen and oxygen atoms in total. The van der Waals surface area contributed by atoms with Gasteiger partial charge in [0.05, 0.1) is 34.5 Å². The highest BCUT2D eigenvalue weighted by Gasteiger charge is 2.15. The average molecular weight is 493 g/mol. The second-order valence-electron chi connectivity index (χ2n) is 7.74. The van der Waals surface area contributed by atoms with Crippen LogP contribution in [-0.2, 0) is 6.54 Å². The fourth-order valence-corrected chi connectivity index (χ4v) is 3.28. The van der Waals surface area contributed by atoms with Gasteiger partial charge in [0, 0.05) is 35.8 Å². The third-order valence-corrected chi connectivity index (χ3v) is 5.21. The quantitative estimate of drug-likeness (QED) is 0.227. The molecule has 1 aromatic heterocycles. The van der Waals surface area contributed by atoms with E-state index in [1.807, 2.05) is 12.1 Å². The normalized spacial score (nSPS) is 10.9. The highest BCUT2D eigenvalue weighted by Crippen LogP contribution is 2.39. The zero-order valence-corrected chi connectivity index (χ0v) is 21.0. The van der Waals surface area contributed by atoms with E-state index in [2.05, 4.69) is 27.5 Å². The van der Waals surface area contributed by atoms with E-state index < -0.39 is 0 Å². The number of ether oxygens (including phenoxy) is 4. The highest BCUT2D eigenvalue weighted by atomic mass is 16.5. The predicted octanol–water partition coefficient (Wildman–Crippen LogP) is 4.68. The molecule has 0 unspecified atom stereocenters. The lowest BCUT2D eigenvalue weighted by Gasteiger charge is -2.16. The van der Waals surface area contributed by atoms with Crippen LogP contribution in [0, 0.1) is 0 Å². The summed E-state index contributed by atoms with van der Waals surface area (Å²) in [4.78, 5) is 21.6. The summed E-state index contributed by atoms with van der Waals surface area (Å²) in [6, 6.07) is 14.2. The van der Waals surface area contributed by atoms with Gasteiger partial charge in [-0.25, -0.2) is 4.99 Å². The Morgan fingerprint density at radius 3 is 2.19 bits per heavy atom. The number of nitrogens with zero attached hydrogens (tertiary/aromatic N) is 2. The van der Waals surface area contributed by atoms with Crippen molar-refractivity contribution >= 4 is 17.6 Å². The fraction of sp³-hybridized carbons (Fsp3) is 0.296. The third-order valence-electron chi connectivity index (χ3n) is 5.21. The Bertz CT molecular complexity index is 1130. The number of guanidine groups is 1. The largest absolute Gasteiger partial charge is 0.494 e. The second-order valence-corrected chi connectivity index (χ2v) is 7.74. The van der Waals surface area contributed by atoms with Gasteiger partial charge in [0.25, 0.3) is 5.91 Å². The number of rotatable bonds is 11. The van der Waals surface area contributed by atoms with Gasteiger partial charge in [0.1, 0.15) is 5.75 Å². The molecule has 1 amide bonds. The van der Waals surface area contributed by atoms with E-state index in [4.69, 9.17) is 18.9 Å². The molecule has 0 saturated heterocycles. The molecule has 1 heterocycles. The molecule has 0 aliphatic carbocycles. The van der Waals surface area contributed by atoms with Gasteiger partial charge in [-0.3, -0.25) is 15.1 Å². The van der Waals surface area contributed by atoms with Crippen molar-refractivity contribution < 1.29 is 23.7 Å². The summed E-state index contributed by atoms with van der Waals surface area (Å²) < 4.78 is 21.9. The average Bonchev–Trinajstić information content (AvgIpc) is 2.92. The lowest BCUT2D eigenvalue weighted by atomic mass is 10.2. The summed E-state index contributed by atoms with van der Waals surface area (Å²) in [6.07, 6.45) is 5.42. The van der Waals surface area contributed by atoms with Crippen LogP contribution >= 0.6 is 0 Å². The Hall–Kier alpha value is -4.27. The molecule has 190 valence electrons. The number of amides is 1. The maximum Gasteiger partial charge on any atom is 0.257 e. The minimum atomic E-state index is -0.316. The molecule has 0 atom stereocenters. The molecule has 0 radical (unpaired) electrons. The van der Waals surface area contributed by atoms with Crippen LogP contribution in [0.4, 0.5) is 5.69 Å². The van der Waals surface area contributed by atoms with E-state index in [0.717, 1.165) is 24.2 Å². The number of methoxy groups -OCH3 is 3. The van der Waals surface area contributed by atoms with Crippen LogP contribution in [0.25, 0.3) is 0 Å². The summed E-state index contributed by atoms with van der Waals surface area (Å²) in [5.41, 5.74) is 2.01. The molecule has 0 spiro atoms. The first-order chi connectivity index (χ1) is 17.6. The number of unbranched alkanes of at least 4 members (excludes halogenated alkanes) is 1. The lowest BCUT2D eigenvalue weighted by Crippen LogP contribution is -2.36. The number of hydrogen-bond acceptors (Lipinski definition) is 7. The number of carbonyl (C=O) groups is 1. The molecule has 2 aromatic carbocycles. The first kappa shape index (κ1) is 26.3. The number of nitrogens with one attached hydrogen (secondary N) is 2.